The number of rotatable bonds is 0. The molecule has 1 saturated carbocycles. The van der Waals surface area contributed by atoms with Crippen LogP contribution in [0.3, 0.4) is 0 Å². The van der Waals surface area contributed by atoms with Gasteiger partial charge in [0, 0.05) is 17.0 Å². The van der Waals surface area contributed by atoms with Crippen LogP contribution >= 0.6 is 11.6 Å². The summed E-state index contributed by atoms with van der Waals surface area (Å²) in [6.07, 6.45) is 4.87. The predicted molar refractivity (Wildman–Crippen MR) is 81.8 cm³/mol. The Kier molecular flexibility index (Phi) is 3.54. The number of halogens is 1. The van der Waals surface area contributed by atoms with E-state index >= 15 is 0 Å². The Balaban J connectivity index is 1.68. The molecular formula is C17H16ClNO. The van der Waals surface area contributed by atoms with Crippen molar-refractivity contribution in [1.29, 1.82) is 0 Å². The molecule has 0 radical (unpaired) electrons. The molecule has 0 aromatic heterocycles. The number of oxime groups is 1. The van der Waals surface area contributed by atoms with Crippen molar-refractivity contribution >= 4 is 17.3 Å². The van der Waals surface area contributed by atoms with Crippen LogP contribution in [-0.4, -0.2) is 11.3 Å². The first-order valence-electron chi connectivity index (χ1n) is 6.85. The van der Waals surface area contributed by atoms with Crippen molar-refractivity contribution in [2.75, 3.05) is 0 Å². The first-order chi connectivity index (χ1) is 9.65. The average Bonchev–Trinajstić information content (AvgIpc) is 2.84. The van der Waals surface area contributed by atoms with E-state index in [0.29, 0.717) is 5.02 Å². The number of allylic oxidation sites excluding steroid dienone is 1. The van der Waals surface area contributed by atoms with Gasteiger partial charge >= 0.3 is 0 Å². The quantitative estimate of drug-likeness (QED) is 0.513. The SMILES string of the molecule is C=C1CCC2(CC1)CC(C#Cc1cccc(Cl)c1)=NO2. The molecule has 1 aromatic rings. The maximum atomic E-state index is 5.94. The third kappa shape index (κ3) is 2.89. The van der Waals surface area contributed by atoms with Gasteiger partial charge < -0.3 is 4.84 Å². The van der Waals surface area contributed by atoms with Crippen LogP contribution in [0.1, 0.15) is 37.7 Å². The third-order valence-corrected chi connectivity index (χ3v) is 4.12. The summed E-state index contributed by atoms with van der Waals surface area (Å²) in [5.41, 5.74) is 2.92. The fourth-order valence-electron chi connectivity index (χ4n) is 2.63. The molecule has 3 heteroatoms. The van der Waals surface area contributed by atoms with E-state index in [4.69, 9.17) is 16.4 Å². The van der Waals surface area contributed by atoms with Crippen molar-refractivity contribution in [2.24, 2.45) is 5.16 Å². The van der Waals surface area contributed by atoms with Gasteiger partial charge in [-0.05, 0) is 49.8 Å². The smallest absolute Gasteiger partial charge is 0.144 e. The lowest BCUT2D eigenvalue weighted by Crippen LogP contribution is -2.32. The summed E-state index contributed by atoms with van der Waals surface area (Å²) in [6.45, 7) is 4.04. The zero-order valence-electron chi connectivity index (χ0n) is 11.3. The van der Waals surface area contributed by atoms with Crippen molar-refractivity contribution in [3.8, 4) is 11.8 Å². The molecule has 0 saturated heterocycles. The summed E-state index contributed by atoms with van der Waals surface area (Å²) in [5, 5.41) is 4.85. The minimum Gasteiger partial charge on any atom is -0.388 e. The van der Waals surface area contributed by atoms with Gasteiger partial charge in [0.15, 0.2) is 0 Å². The normalized spacial score (nSPS) is 20.1. The topological polar surface area (TPSA) is 21.6 Å². The molecule has 2 aliphatic rings. The lowest BCUT2D eigenvalue weighted by molar-refractivity contribution is -0.0379. The number of hydrogen-bond donors (Lipinski definition) is 0. The Morgan fingerprint density at radius 2 is 2.05 bits per heavy atom. The average molecular weight is 286 g/mol. The van der Waals surface area contributed by atoms with Crippen LogP contribution in [0, 0.1) is 11.8 Å². The van der Waals surface area contributed by atoms with E-state index in [1.807, 2.05) is 24.3 Å². The summed E-state index contributed by atoms with van der Waals surface area (Å²) in [7, 11) is 0. The van der Waals surface area contributed by atoms with Crippen molar-refractivity contribution in [1.82, 2.24) is 0 Å². The number of hydrogen-bond acceptors (Lipinski definition) is 2. The van der Waals surface area contributed by atoms with Gasteiger partial charge in [-0.15, -0.1) is 0 Å². The molecule has 3 rings (SSSR count). The highest BCUT2D eigenvalue weighted by Gasteiger charge is 2.40. The Morgan fingerprint density at radius 3 is 2.80 bits per heavy atom. The molecule has 20 heavy (non-hydrogen) atoms. The highest BCUT2D eigenvalue weighted by Crippen LogP contribution is 2.39. The van der Waals surface area contributed by atoms with Crippen molar-refractivity contribution in [2.45, 2.75) is 37.7 Å². The van der Waals surface area contributed by atoms with Crippen LogP contribution in [0.4, 0.5) is 0 Å². The second-order valence-electron chi connectivity index (χ2n) is 5.50. The first-order valence-corrected chi connectivity index (χ1v) is 7.22. The van der Waals surface area contributed by atoms with Gasteiger partial charge in [-0.25, -0.2) is 0 Å². The second kappa shape index (κ2) is 5.34. The van der Waals surface area contributed by atoms with E-state index in [2.05, 4.69) is 23.6 Å². The van der Waals surface area contributed by atoms with Gasteiger partial charge in [0.1, 0.15) is 11.3 Å². The molecule has 1 fully saturated rings. The number of benzene rings is 1. The largest absolute Gasteiger partial charge is 0.388 e. The lowest BCUT2D eigenvalue weighted by atomic mass is 9.80. The monoisotopic (exact) mass is 285 g/mol. The maximum absolute atomic E-state index is 5.94. The summed E-state index contributed by atoms with van der Waals surface area (Å²) < 4.78 is 0. The van der Waals surface area contributed by atoms with Gasteiger partial charge in [-0.3, -0.25) is 0 Å². The fraction of sp³-hybridized carbons (Fsp3) is 0.353. The van der Waals surface area contributed by atoms with Gasteiger partial charge in [0.2, 0.25) is 0 Å². The molecule has 0 unspecified atom stereocenters. The lowest BCUT2D eigenvalue weighted by Gasteiger charge is -2.31. The van der Waals surface area contributed by atoms with E-state index < -0.39 is 0 Å². The minimum atomic E-state index is -0.125. The Labute approximate surface area is 124 Å². The van der Waals surface area contributed by atoms with Gasteiger partial charge in [-0.1, -0.05) is 40.9 Å². The Hall–Kier alpha value is -1.72. The molecule has 1 spiro atoms. The molecule has 1 aliphatic carbocycles. The molecule has 0 amide bonds. The van der Waals surface area contributed by atoms with Crippen LogP contribution in [0.25, 0.3) is 0 Å². The van der Waals surface area contributed by atoms with E-state index in [-0.39, 0.29) is 5.60 Å². The van der Waals surface area contributed by atoms with Crippen LogP contribution in [-0.2, 0) is 4.84 Å². The summed E-state index contributed by atoms with van der Waals surface area (Å²) >= 11 is 5.94. The van der Waals surface area contributed by atoms with Gasteiger partial charge in [0.25, 0.3) is 0 Å². The molecule has 0 bridgehead atoms. The van der Waals surface area contributed by atoms with Crippen molar-refractivity contribution < 1.29 is 4.84 Å². The summed E-state index contributed by atoms with van der Waals surface area (Å²) in [6, 6.07) is 7.53. The zero-order chi connectivity index (χ0) is 14.0. The minimum absolute atomic E-state index is 0.125. The Morgan fingerprint density at radius 1 is 1.25 bits per heavy atom. The van der Waals surface area contributed by atoms with Gasteiger partial charge in [0.05, 0.1) is 0 Å². The van der Waals surface area contributed by atoms with Crippen LogP contribution in [0.2, 0.25) is 5.02 Å². The number of nitrogens with zero attached hydrogens (tertiary/aromatic N) is 1. The Bertz CT molecular complexity index is 626. The zero-order valence-corrected chi connectivity index (χ0v) is 12.0. The molecule has 1 aromatic carbocycles. The molecule has 102 valence electrons. The van der Waals surface area contributed by atoms with Crippen LogP contribution in [0.15, 0.2) is 41.6 Å². The highest BCUT2D eigenvalue weighted by molar-refractivity contribution is 6.30. The predicted octanol–water partition coefficient (Wildman–Crippen LogP) is 4.34. The van der Waals surface area contributed by atoms with Crippen molar-refractivity contribution in [3.63, 3.8) is 0 Å². The molecule has 1 aliphatic heterocycles. The van der Waals surface area contributed by atoms with Gasteiger partial charge in [-0.2, -0.15) is 0 Å². The first kappa shape index (κ1) is 13.3. The van der Waals surface area contributed by atoms with E-state index in [9.17, 15) is 0 Å². The maximum Gasteiger partial charge on any atom is 0.144 e. The van der Waals surface area contributed by atoms with E-state index in [1.54, 1.807) is 0 Å². The third-order valence-electron chi connectivity index (χ3n) is 3.88. The summed E-state index contributed by atoms with van der Waals surface area (Å²) in [5.74, 6) is 6.20. The van der Waals surface area contributed by atoms with Crippen LogP contribution < -0.4 is 0 Å². The van der Waals surface area contributed by atoms with E-state index in [0.717, 1.165) is 43.4 Å². The van der Waals surface area contributed by atoms with Crippen LogP contribution in [0.5, 0.6) is 0 Å². The molecule has 0 atom stereocenters. The van der Waals surface area contributed by atoms with Crippen molar-refractivity contribution in [3.05, 3.63) is 47.0 Å². The standard InChI is InChI=1S/C17H16ClNO/c1-13-7-9-17(10-8-13)12-16(19-20-17)6-5-14-3-2-4-15(18)11-14/h2-4,11H,1,7-10,12H2. The second-order valence-corrected chi connectivity index (χ2v) is 5.94. The molecule has 0 N–H and O–H groups in total. The fourth-order valence-corrected chi connectivity index (χ4v) is 2.82. The highest BCUT2D eigenvalue weighted by atomic mass is 35.5. The van der Waals surface area contributed by atoms with E-state index in [1.165, 1.54) is 5.57 Å². The molecular weight excluding hydrogens is 270 g/mol. The summed E-state index contributed by atoms with van der Waals surface area (Å²) in [4.78, 5) is 5.67. The molecule has 2 nitrogen and oxygen atoms in total. The molecule has 1 heterocycles.